The van der Waals surface area contributed by atoms with Crippen molar-refractivity contribution in [2.24, 2.45) is 0 Å². The first-order chi connectivity index (χ1) is 15.4. The van der Waals surface area contributed by atoms with Crippen LogP contribution in [0, 0.1) is 0 Å². The van der Waals surface area contributed by atoms with Gasteiger partial charge in [-0.25, -0.2) is 9.97 Å². The number of hydrogen-bond donors (Lipinski definition) is 0. The molecule has 4 aromatic rings. The number of para-hydroxylation sites is 1. The molecule has 154 valence electrons. The van der Waals surface area contributed by atoms with Gasteiger partial charge in [0.2, 0.25) is 5.95 Å². The molecule has 2 heterocycles. The molecule has 5 rings (SSSR count). The number of aromatic nitrogens is 2. The van der Waals surface area contributed by atoms with Gasteiger partial charge in [0.1, 0.15) is 17.1 Å². The summed E-state index contributed by atoms with van der Waals surface area (Å²) in [4.78, 5) is 12.4. The first-order valence-electron chi connectivity index (χ1n) is 10.9. The highest BCUT2D eigenvalue weighted by molar-refractivity contribution is 5.79. The summed E-state index contributed by atoms with van der Waals surface area (Å²) in [5, 5.41) is 0. The lowest BCUT2D eigenvalue weighted by Gasteiger charge is -2.28. The van der Waals surface area contributed by atoms with Gasteiger partial charge in [0.25, 0.3) is 0 Å². The average Bonchev–Trinajstić information content (AvgIpc) is 2.86. The van der Waals surface area contributed by atoms with E-state index in [2.05, 4.69) is 29.2 Å². The molecule has 3 aromatic carbocycles. The molecule has 0 saturated carbocycles. The van der Waals surface area contributed by atoms with E-state index < -0.39 is 0 Å². The number of nitrogens with zero attached hydrogens (tertiary/aromatic N) is 3. The quantitative estimate of drug-likeness (QED) is 0.374. The summed E-state index contributed by atoms with van der Waals surface area (Å²) in [7, 11) is 0. The van der Waals surface area contributed by atoms with Crippen LogP contribution in [-0.4, -0.2) is 23.1 Å². The van der Waals surface area contributed by atoms with Crippen LogP contribution in [0.1, 0.15) is 19.3 Å². The van der Waals surface area contributed by atoms with E-state index in [1.807, 2.05) is 66.7 Å². The molecule has 1 aliphatic heterocycles. The molecule has 1 saturated heterocycles. The van der Waals surface area contributed by atoms with E-state index in [1.54, 1.807) is 0 Å². The highest BCUT2D eigenvalue weighted by Gasteiger charge is 2.23. The molecular formula is C27H25N3O. The van der Waals surface area contributed by atoms with E-state index in [4.69, 9.17) is 14.7 Å². The van der Waals surface area contributed by atoms with Crippen molar-refractivity contribution in [3.8, 4) is 34.0 Å². The Morgan fingerprint density at radius 3 is 1.58 bits per heavy atom. The topological polar surface area (TPSA) is 38.2 Å². The van der Waals surface area contributed by atoms with Crippen LogP contribution in [0.25, 0.3) is 22.5 Å². The molecule has 0 atom stereocenters. The fourth-order valence-electron chi connectivity index (χ4n) is 3.96. The summed E-state index contributed by atoms with van der Waals surface area (Å²) in [6.45, 7) is 1.97. The fraction of sp³-hybridized carbons (Fsp3) is 0.185. The molecule has 4 nitrogen and oxygen atoms in total. The third kappa shape index (κ3) is 4.29. The van der Waals surface area contributed by atoms with E-state index in [9.17, 15) is 0 Å². The van der Waals surface area contributed by atoms with Crippen molar-refractivity contribution in [3.05, 3.63) is 91.0 Å². The van der Waals surface area contributed by atoms with Crippen LogP contribution in [0.3, 0.4) is 0 Å². The maximum Gasteiger partial charge on any atom is 0.226 e. The largest absolute Gasteiger partial charge is 0.453 e. The molecule has 1 aromatic heterocycles. The second-order valence-electron chi connectivity index (χ2n) is 7.74. The lowest BCUT2D eigenvalue weighted by atomic mass is 10.1. The molecule has 0 aliphatic carbocycles. The standard InChI is InChI=1S/C27H25N3O/c1-5-13-21(14-6-1)24-26(31-23-17-9-3-10-18-23)25(22-15-7-2-8-16-22)29-27(28-24)30-19-11-4-12-20-30/h1-3,5-10,13-18H,4,11-12,19-20H2. The summed E-state index contributed by atoms with van der Waals surface area (Å²) in [6.07, 6.45) is 3.61. The second-order valence-corrected chi connectivity index (χ2v) is 7.74. The van der Waals surface area contributed by atoms with E-state index >= 15 is 0 Å². The zero-order valence-corrected chi connectivity index (χ0v) is 17.4. The van der Waals surface area contributed by atoms with Crippen molar-refractivity contribution >= 4 is 5.95 Å². The van der Waals surface area contributed by atoms with Crippen molar-refractivity contribution in [1.82, 2.24) is 9.97 Å². The molecule has 31 heavy (non-hydrogen) atoms. The maximum absolute atomic E-state index is 6.45. The van der Waals surface area contributed by atoms with Gasteiger partial charge in [-0.1, -0.05) is 78.9 Å². The molecule has 0 bridgehead atoms. The molecular weight excluding hydrogens is 382 g/mol. The van der Waals surface area contributed by atoms with Gasteiger partial charge in [-0.15, -0.1) is 0 Å². The van der Waals surface area contributed by atoms with E-state index in [0.29, 0.717) is 5.75 Å². The third-order valence-corrected chi connectivity index (χ3v) is 5.55. The molecule has 4 heteroatoms. The predicted octanol–water partition coefficient (Wildman–Crippen LogP) is 6.59. The van der Waals surface area contributed by atoms with Crippen LogP contribution in [-0.2, 0) is 0 Å². The molecule has 1 aliphatic rings. The summed E-state index contributed by atoms with van der Waals surface area (Å²) in [5.41, 5.74) is 3.68. The van der Waals surface area contributed by atoms with Gasteiger partial charge < -0.3 is 9.64 Å². The normalized spacial score (nSPS) is 13.7. The minimum Gasteiger partial charge on any atom is -0.453 e. The Morgan fingerprint density at radius 1 is 0.581 bits per heavy atom. The van der Waals surface area contributed by atoms with Crippen molar-refractivity contribution < 1.29 is 4.74 Å². The minimum atomic E-state index is 0.685. The Hall–Kier alpha value is -3.66. The average molecular weight is 408 g/mol. The van der Waals surface area contributed by atoms with Gasteiger partial charge in [0.15, 0.2) is 5.75 Å². The van der Waals surface area contributed by atoms with Crippen molar-refractivity contribution in [1.29, 1.82) is 0 Å². The van der Waals surface area contributed by atoms with Gasteiger partial charge in [0.05, 0.1) is 0 Å². The van der Waals surface area contributed by atoms with Gasteiger partial charge in [-0.3, -0.25) is 0 Å². The lowest BCUT2D eigenvalue weighted by Crippen LogP contribution is -2.31. The first-order valence-corrected chi connectivity index (χ1v) is 10.9. The van der Waals surface area contributed by atoms with Crippen molar-refractivity contribution in [3.63, 3.8) is 0 Å². The van der Waals surface area contributed by atoms with Crippen LogP contribution < -0.4 is 9.64 Å². The Morgan fingerprint density at radius 2 is 1.06 bits per heavy atom. The molecule has 0 N–H and O–H groups in total. The van der Waals surface area contributed by atoms with Crippen LogP contribution in [0.15, 0.2) is 91.0 Å². The van der Waals surface area contributed by atoms with E-state index in [1.165, 1.54) is 19.3 Å². The molecule has 0 unspecified atom stereocenters. The van der Waals surface area contributed by atoms with Gasteiger partial charge >= 0.3 is 0 Å². The Balaban J connectivity index is 1.72. The van der Waals surface area contributed by atoms with Crippen LogP contribution in [0.4, 0.5) is 5.95 Å². The second kappa shape index (κ2) is 9.00. The summed E-state index contributed by atoms with van der Waals surface area (Å²) >= 11 is 0. The summed E-state index contributed by atoms with van der Waals surface area (Å²) in [6, 6.07) is 30.3. The van der Waals surface area contributed by atoms with Crippen molar-refractivity contribution in [2.75, 3.05) is 18.0 Å². The monoisotopic (exact) mass is 407 g/mol. The first kappa shape index (κ1) is 19.3. The SMILES string of the molecule is c1ccc(Oc2c(-c3ccccc3)nc(N3CCCCC3)nc2-c2ccccc2)cc1. The lowest BCUT2D eigenvalue weighted by molar-refractivity contribution is 0.481. The molecule has 0 radical (unpaired) electrons. The highest BCUT2D eigenvalue weighted by atomic mass is 16.5. The number of anilines is 1. The minimum absolute atomic E-state index is 0.685. The Labute approximate surface area is 183 Å². The number of hydrogen-bond acceptors (Lipinski definition) is 4. The molecule has 0 spiro atoms. The number of rotatable bonds is 5. The Bertz CT molecular complexity index is 1060. The van der Waals surface area contributed by atoms with Gasteiger partial charge in [-0.05, 0) is 31.4 Å². The van der Waals surface area contributed by atoms with E-state index in [0.717, 1.165) is 47.3 Å². The fourth-order valence-corrected chi connectivity index (χ4v) is 3.96. The number of benzene rings is 3. The predicted molar refractivity (Wildman–Crippen MR) is 125 cm³/mol. The van der Waals surface area contributed by atoms with Gasteiger partial charge in [-0.2, -0.15) is 0 Å². The van der Waals surface area contributed by atoms with Crippen LogP contribution in [0.5, 0.6) is 11.5 Å². The number of piperidine rings is 1. The summed E-state index contributed by atoms with van der Waals surface area (Å²) < 4.78 is 6.45. The number of ether oxygens (including phenoxy) is 1. The van der Waals surface area contributed by atoms with Crippen molar-refractivity contribution in [2.45, 2.75) is 19.3 Å². The smallest absolute Gasteiger partial charge is 0.226 e. The van der Waals surface area contributed by atoms with Crippen LogP contribution >= 0.6 is 0 Å². The van der Waals surface area contributed by atoms with Gasteiger partial charge in [0, 0.05) is 24.2 Å². The molecule has 0 amide bonds. The third-order valence-electron chi connectivity index (χ3n) is 5.55. The molecule has 1 fully saturated rings. The Kier molecular flexibility index (Phi) is 5.61. The zero-order valence-electron chi connectivity index (χ0n) is 17.4. The van der Waals surface area contributed by atoms with Crippen LogP contribution in [0.2, 0.25) is 0 Å². The van der Waals surface area contributed by atoms with E-state index in [-0.39, 0.29) is 0 Å². The highest BCUT2D eigenvalue weighted by Crippen LogP contribution is 2.40. The summed E-state index contributed by atoms with van der Waals surface area (Å²) in [5.74, 6) is 2.23. The zero-order chi connectivity index (χ0) is 20.9. The maximum atomic E-state index is 6.45.